The summed E-state index contributed by atoms with van der Waals surface area (Å²) in [4.78, 5) is 13.4. The van der Waals surface area contributed by atoms with Crippen LogP contribution in [0.15, 0.2) is 45.7 Å². The minimum absolute atomic E-state index is 0.137. The highest BCUT2D eigenvalue weighted by atomic mass is 32.2. The number of nitrogens with zero attached hydrogens (tertiary/aromatic N) is 1. The van der Waals surface area contributed by atoms with Crippen LogP contribution in [0.25, 0.3) is 0 Å². The topological polar surface area (TPSA) is 101 Å². The zero-order valence-electron chi connectivity index (χ0n) is 16.0. The van der Waals surface area contributed by atoms with E-state index < -0.39 is 10.0 Å². The minimum atomic E-state index is -3.70. The maximum atomic E-state index is 12.7. The van der Waals surface area contributed by atoms with Crippen molar-refractivity contribution in [2.24, 2.45) is 0 Å². The van der Waals surface area contributed by atoms with Gasteiger partial charge in [-0.25, -0.2) is 13.1 Å². The van der Waals surface area contributed by atoms with E-state index in [0.29, 0.717) is 32.0 Å². The van der Waals surface area contributed by atoms with Crippen LogP contribution in [0.1, 0.15) is 24.5 Å². The standard InChI is InChI=1S/C19H25N3O5S/c1-14-3-8-19(27-14)18(22-9-11-26-12-10-22)13-20-28(24,25)17-6-4-16(5-7-17)21-15(2)23/h3-8,18,20H,9-13H2,1-2H3,(H,21,23)/t18-/m1/s1. The molecule has 1 aromatic carbocycles. The molecule has 152 valence electrons. The Hall–Kier alpha value is -2.20. The van der Waals surface area contributed by atoms with Crippen molar-refractivity contribution in [1.82, 2.24) is 9.62 Å². The number of aryl methyl sites for hydroxylation is 1. The Balaban J connectivity index is 1.73. The number of carbonyl (C=O) groups excluding carboxylic acids is 1. The molecule has 0 unspecified atom stereocenters. The number of furan rings is 1. The maximum absolute atomic E-state index is 12.7. The predicted octanol–water partition coefficient (Wildman–Crippen LogP) is 1.90. The van der Waals surface area contributed by atoms with E-state index in [0.717, 1.165) is 11.5 Å². The van der Waals surface area contributed by atoms with Crippen LogP contribution in [0.3, 0.4) is 0 Å². The molecule has 8 nitrogen and oxygen atoms in total. The van der Waals surface area contributed by atoms with E-state index >= 15 is 0 Å². The van der Waals surface area contributed by atoms with Gasteiger partial charge in [-0.05, 0) is 43.3 Å². The quantitative estimate of drug-likeness (QED) is 0.727. The molecular weight excluding hydrogens is 382 g/mol. The van der Waals surface area contributed by atoms with E-state index in [1.807, 2.05) is 19.1 Å². The van der Waals surface area contributed by atoms with Gasteiger partial charge in [0.1, 0.15) is 11.5 Å². The summed E-state index contributed by atoms with van der Waals surface area (Å²) in [6.45, 7) is 6.06. The normalized spacial score (nSPS) is 16.6. The van der Waals surface area contributed by atoms with Gasteiger partial charge in [-0.1, -0.05) is 0 Å². The van der Waals surface area contributed by atoms with Crippen LogP contribution in [0.4, 0.5) is 5.69 Å². The molecule has 1 saturated heterocycles. The molecule has 0 bridgehead atoms. The Bertz CT molecular complexity index is 902. The minimum Gasteiger partial charge on any atom is -0.465 e. The molecule has 0 spiro atoms. The third kappa shape index (κ3) is 5.20. The zero-order chi connectivity index (χ0) is 20.1. The van der Waals surface area contributed by atoms with Crippen LogP contribution in [-0.2, 0) is 19.6 Å². The van der Waals surface area contributed by atoms with Crippen LogP contribution in [-0.4, -0.2) is 52.1 Å². The molecule has 3 rings (SSSR count). The van der Waals surface area contributed by atoms with E-state index in [4.69, 9.17) is 9.15 Å². The second-order valence-corrected chi connectivity index (χ2v) is 8.44. The number of nitrogens with one attached hydrogen (secondary N) is 2. The summed E-state index contributed by atoms with van der Waals surface area (Å²) in [7, 11) is -3.70. The first-order chi connectivity index (χ1) is 13.3. The molecule has 1 aromatic heterocycles. The number of carbonyl (C=O) groups is 1. The maximum Gasteiger partial charge on any atom is 0.240 e. The van der Waals surface area contributed by atoms with Crippen molar-refractivity contribution in [1.29, 1.82) is 0 Å². The SMILES string of the molecule is CC(=O)Nc1ccc(S(=O)(=O)NC[C@H](c2ccc(C)o2)N2CCOCC2)cc1. The van der Waals surface area contributed by atoms with Crippen molar-refractivity contribution in [3.63, 3.8) is 0 Å². The Kier molecular flexibility index (Phi) is 6.50. The first kappa shape index (κ1) is 20.5. The Labute approximate surface area is 164 Å². The van der Waals surface area contributed by atoms with Gasteiger partial charge in [0, 0.05) is 32.2 Å². The number of ether oxygens (including phenoxy) is 1. The lowest BCUT2D eigenvalue weighted by molar-refractivity contribution is -0.114. The van der Waals surface area contributed by atoms with E-state index in [2.05, 4.69) is 14.9 Å². The lowest BCUT2D eigenvalue weighted by atomic mass is 10.2. The number of hydrogen-bond donors (Lipinski definition) is 2. The molecule has 1 aliphatic rings. The molecule has 2 N–H and O–H groups in total. The first-order valence-electron chi connectivity index (χ1n) is 9.10. The fourth-order valence-corrected chi connectivity index (χ4v) is 4.16. The number of morpholine rings is 1. The van der Waals surface area contributed by atoms with Gasteiger partial charge in [0.05, 0.1) is 24.2 Å². The van der Waals surface area contributed by atoms with E-state index in [9.17, 15) is 13.2 Å². The highest BCUT2D eigenvalue weighted by Gasteiger charge is 2.27. The van der Waals surface area contributed by atoms with E-state index in [-0.39, 0.29) is 23.4 Å². The van der Waals surface area contributed by atoms with Crippen molar-refractivity contribution >= 4 is 21.6 Å². The number of anilines is 1. The van der Waals surface area contributed by atoms with Gasteiger partial charge in [-0.3, -0.25) is 9.69 Å². The van der Waals surface area contributed by atoms with Gasteiger partial charge in [0.25, 0.3) is 0 Å². The molecule has 0 radical (unpaired) electrons. The number of rotatable bonds is 7. The van der Waals surface area contributed by atoms with Crippen LogP contribution in [0, 0.1) is 6.92 Å². The zero-order valence-corrected chi connectivity index (χ0v) is 16.8. The number of sulfonamides is 1. The number of benzene rings is 1. The Morgan fingerprint density at radius 3 is 2.39 bits per heavy atom. The van der Waals surface area contributed by atoms with Gasteiger partial charge in [-0.15, -0.1) is 0 Å². The molecule has 0 aliphatic carbocycles. The van der Waals surface area contributed by atoms with Crippen molar-refractivity contribution in [3.05, 3.63) is 47.9 Å². The lowest BCUT2D eigenvalue weighted by Gasteiger charge is -2.33. The van der Waals surface area contributed by atoms with E-state index in [1.54, 1.807) is 12.1 Å². The molecule has 0 saturated carbocycles. The monoisotopic (exact) mass is 407 g/mol. The van der Waals surface area contributed by atoms with Crippen LogP contribution in [0.2, 0.25) is 0 Å². The Morgan fingerprint density at radius 2 is 1.82 bits per heavy atom. The van der Waals surface area contributed by atoms with Crippen molar-refractivity contribution in [3.8, 4) is 0 Å². The Morgan fingerprint density at radius 1 is 1.14 bits per heavy atom. The molecule has 28 heavy (non-hydrogen) atoms. The van der Waals surface area contributed by atoms with Gasteiger partial charge >= 0.3 is 0 Å². The number of hydrogen-bond acceptors (Lipinski definition) is 6. The highest BCUT2D eigenvalue weighted by molar-refractivity contribution is 7.89. The van der Waals surface area contributed by atoms with E-state index in [1.165, 1.54) is 19.1 Å². The third-order valence-electron chi connectivity index (χ3n) is 4.53. The molecule has 2 heterocycles. The summed E-state index contributed by atoms with van der Waals surface area (Å²) in [6.07, 6.45) is 0. The lowest BCUT2D eigenvalue weighted by Crippen LogP contribution is -2.43. The van der Waals surface area contributed by atoms with Gasteiger partial charge in [-0.2, -0.15) is 0 Å². The van der Waals surface area contributed by atoms with Gasteiger partial charge in [0.2, 0.25) is 15.9 Å². The van der Waals surface area contributed by atoms with Crippen LogP contribution in [0.5, 0.6) is 0 Å². The predicted molar refractivity (Wildman–Crippen MR) is 105 cm³/mol. The molecule has 1 fully saturated rings. The first-order valence-corrected chi connectivity index (χ1v) is 10.6. The average molecular weight is 407 g/mol. The smallest absolute Gasteiger partial charge is 0.240 e. The largest absolute Gasteiger partial charge is 0.465 e. The van der Waals surface area contributed by atoms with Crippen molar-refractivity contribution < 1.29 is 22.4 Å². The summed E-state index contributed by atoms with van der Waals surface area (Å²) < 4.78 is 39.3. The molecule has 9 heteroatoms. The second kappa shape index (κ2) is 8.87. The molecule has 1 aliphatic heterocycles. The third-order valence-corrected chi connectivity index (χ3v) is 5.97. The highest BCUT2D eigenvalue weighted by Crippen LogP contribution is 2.24. The summed E-state index contributed by atoms with van der Waals surface area (Å²) >= 11 is 0. The second-order valence-electron chi connectivity index (χ2n) is 6.67. The molecule has 2 aromatic rings. The fraction of sp³-hybridized carbons (Fsp3) is 0.421. The number of amides is 1. The van der Waals surface area contributed by atoms with Crippen molar-refractivity contribution in [2.45, 2.75) is 24.8 Å². The average Bonchev–Trinajstić information content (AvgIpc) is 3.09. The summed E-state index contributed by atoms with van der Waals surface area (Å²) in [5.74, 6) is 1.30. The molecule has 1 amide bonds. The fourth-order valence-electron chi connectivity index (χ4n) is 3.12. The van der Waals surface area contributed by atoms with Crippen molar-refractivity contribution in [2.75, 3.05) is 38.2 Å². The van der Waals surface area contributed by atoms with Gasteiger partial charge < -0.3 is 14.5 Å². The van der Waals surface area contributed by atoms with Crippen LogP contribution >= 0.6 is 0 Å². The molecular formula is C19H25N3O5S. The molecule has 1 atom stereocenters. The summed E-state index contributed by atoms with van der Waals surface area (Å²) in [5, 5.41) is 2.62. The van der Waals surface area contributed by atoms with Gasteiger partial charge in [0.15, 0.2) is 0 Å². The summed E-state index contributed by atoms with van der Waals surface area (Å²) in [5.41, 5.74) is 0.545. The summed E-state index contributed by atoms with van der Waals surface area (Å²) in [6, 6.07) is 9.59. The van der Waals surface area contributed by atoms with Crippen LogP contribution < -0.4 is 10.0 Å².